The molecule has 5 nitrogen and oxygen atoms in total. The molecule has 2 aromatic carbocycles. The third kappa shape index (κ3) is 3.72. The van der Waals surface area contributed by atoms with Crippen molar-refractivity contribution in [3.05, 3.63) is 60.4 Å². The third-order valence-electron chi connectivity index (χ3n) is 3.43. The van der Waals surface area contributed by atoms with Crippen LogP contribution >= 0.6 is 12.2 Å². The molecule has 0 radical (unpaired) electrons. The number of furan rings is 1. The summed E-state index contributed by atoms with van der Waals surface area (Å²) >= 11 is 5.25. The minimum atomic E-state index is 0.388. The van der Waals surface area contributed by atoms with Gasteiger partial charge in [-0.05, 0) is 43.4 Å². The number of benzene rings is 2. The van der Waals surface area contributed by atoms with E-state index in [-0.39, 0.29) is 0 Å². The van der Waals surface area contributed by atoms with E-state index in [2.05, 4.69) is 15.8 Å². The lowest BCUT2D eigenvalue weighted by Crippen LogP contribution is -2.24. The Labute approximate surface area is 145 Å². The zero-order valence-electron chi connectivity index (χ0n) is 13.4. The first kappa shape index (κ1) is 16.0. The molecule has 1 aromatic heterocycles. The number of anilines is 1. The van der Waals surface area contributed by atoms with Gasteiger partial charge in [0.2, 0.25) is 0 Å². The summed E-state index contributed by atoms with van der Waals surface area (Å²) in [7, 11) is 1.62. The van der Waals surface area contributed by atoms with Gasteiger partial charge in [-0.1, -0.05) is 24.3 Å². The van der Waals surface area contributed by atoms with E-state index in [4.69, 9.17) is 21.4 Å². The van der Waals surface area contributed by atoms with Gasteiger partial charge in [-0.3, -0.25) is 5.43 Å². The SMILES string of the molecule is COc1cccc(NC(=S)N/N=C(\C)c2cc3ccccc3o2)c1. The topological polar surface area (TPSA) is 58.8 Å². The van der Waals surface area contributed by atoms with Gasteiger partial charge in [0.1, 0.15) is 17.0 Å². The van der Waals surface area contributed by atoms with Crippen molar-refractivity contribution in [3.8, 4) is 5.75 Å². The molecule has 24 heavy (non-hydrogen) atoms. The predicted molar refractivity (Wildman–Crippen MR) is 101 cm³/mol. The molecule has 0 amide bonds. The molecule has 122 valence electrons. The summed E-state index contributed by atoms with van der Waals surface area (Å²) in [6.45, 7) is 1.86. The maximum Gasteiger partial charge on any atom is 0.191 e. The third-order valence-corrected chi connectivity index (χ3v) is 3.63. The Balaban J connectivity index is 1.66. The maximum absolute atomic E-state index is 5.76. The number of hydrazone groups is 1. The molecule has 3 aromatic rings. The Morgan fingerprint density at radius 3 is 2.75 bits per heavy atom. The van der Waals surface area contributed by atoms with E-state index in [1.54, 1.807) is 7.11 Å². The van der Waals surface area contributed by atoms with E-state index in [1.165, 1.54) is 0 Å². The number of rotatable bonds is 4. The van der Waals surface area contributed by atoms with Crippen LogP contribution < -0.4 is 15.5 Å². The molecule has 1 heterocycles. The first-order valence-electron chi connectivity index (χ1n) is 7.40. The van der Waals surface area contributed by atoms with Crippen LogP contribution in [0.1, 0.15) is 12.7 Å². The summed E-state index contributed by atoms with van der Waals surface area (Å²) < 4.78 is 10.9. The van der Waals surface area contributed by atoms with Crippen molar-refractivity contribution in [3.63, 3.8) is 0 Å². The van der Waals surface area contributed by atoms with Gasteiger partial charge in [-0.2, -0.15) is 5.10 Å². The highest BCUT2D eigenvalue weighted by atomic mass is 32.1. The van der Waals surface area contributed by atoms with Crippen molar-refractivity contribution in [2.24, 2.45) is 5.10 Å². The smallest absolute Gasteiger partial charge is 0.191 e. The summed E-state index contributed by atoms with van der Waals surface area (Å²) in [5.41, 5.74) is 5.18. The fourth-order valence-electron chi connectivity index (χ4n) is 2.21. The number of nitrogens with one attached hydrogen (secondary N) is 2. The van der Waals surface area contributed by atoms with Crippen LogP contribution in [0.15, 0.2) is 64.1 Å². The highest BCUT2D eigenvalue weighted by Crippen LogP contribution is 2.19. The average Bonchev–Trinajstić information content (AvgIpc) is 3.04. The quantitative estimate of drug-likeness (QED) is 0.425. The fourth-order valence-corrected chi connectivity index (χ4v) is 2.37. The van der Waals surface area contributed by atoms with Crippen LogP contribution in [0, 0.1) is 0 Å². The van der Waals surface area contributed by atoms with Gasteiger partial charge in [-0.15, -0.1) is 0 Å². The van der Waals surface area contributed by atoms with E-state index in [0.29, 0.717) is 16.6 Å². The maximum atomic E-state index is 5.76. The molecule has 2 N–H and O–H groups in total. The molecule has 0 spiro atoms. The molecule has 0 saturated carbocycles. The van der Waals surface area contributed by atoms with Crippen LogP contribution in [0.3, 0.4) is 0 Å². The molecule has 0 unspecified atom stereocenters. The van der Waals surface area contributed by atoms with E-state index >= 15 is 0 Å². The van der Waals surface area contributed by atoms with E-state index in [9.17, 15) is 0 Å². The molecule has 0 fully saturated rings. The number of hydrogen-bond acceptors (Lipinski definition) is 4. The van der Waals surface area contributed by atoms with Crippen LogP contribution in [-0.2, 0) is 0 Å². The van der Waals surface area contributed by atoms with Crippen molar-refractivity contribution in [2.75, 3.05) is 12.4 Å². The average molecular weight is 339 g/mol. The molecule has 0 saturated heterocycles. The molecular weight excluding hydrogens is 322 g/mol. The van der Waals surface area contributed by atoms with Crippen molar-refractivity contribution in [1.82, 2.24) is 5.43 Å². The van der Waals surface area contributed by atoms with Crippen LogP contribution in [0.2, 0.25) is 0 Å². The molecule has 0 aliphatic rings. The largest absolute Gasteiger partial charge is 0.497 e. The van der Waals surface area contributed by atoms with Gasteiger partial charge in [0.15, 0.2) is 10.9 Å². The molecule has 6 heteroatoms. The second-order valence-corrected chi connectivity index (χ2v) is 5.55. The van der Waals surface area contributed by atoms with Gasteiger partial charge in [0.25, 0.3) is 0 Å². The van der Waals surface area contributed by atoms with Gasteiger partial charge in [-0.25, -0.2) is 0 Å². The fraction of sp³-hybridized carbons (Fsp3) is 0.111. The van der Waals surface area contributed by atoms with Crippen molar-refractivity contribution >= 4 is 39.7 Å². The second-order valence-electron chi connectivity index (χ2n) is 5.14. The second kappa shape index (κ2) is 7.14. The van der Waals surface area contributed by atoms with E-state index in [0.717, 1.165) is 22.4 Å². The number of nitrogens with zero attached hydrogens (tertiary/aromatic N) is 1. The lowest BCUT2D eigenvalue weighted by molar-refractivity contribution is 0.415. The Hall–Kier alpha value is -2.86. The van der Waals surface area contributed by atoms with E-state index < -0.39 is 0 Å². The normalized spacial score (nSPS) is 11.3. The monoisotopic (exact) mass is 339 g/mol. The van der Waals surface area contributed by atoms with Gasteiger partial charge in [0.05, 0.1) is 7.11 Å². The Morgan fingerprint density at radius 2 is 1.96 bits per heavy atom. The summed E-state index contributed by atoms with van der Waals surface area (Å²) in [5.74, 6) is 1.46. The zero-order valence-corrected chi connectivity index (χ0v) is 14.2. The number of hydrogen-bond donors (Lipinski definition) is 2. The van der Waals surface area contributed by atoms with Crippen LogP contribution in [0.5, 0.6) is 5.75 Å². The first-order valence-corrected chi connectivity index (χ1v) is 7.81. The van der Waals surface area contributed by atoms with Gasteiger partial charge < -0.3 is 14.5 Å². The van der Waals surface area contributed by atoms with Crippen molar-refractivity contribution in [2.45, 2.75) is 6.92 Å². The summed E-state index contributed by atoms with van der Waals surface area (Å²) in [5, 5.41) is 8.75. The number of fused-ring (bicyclic) bond motifs is 1. The van der Waals surface area contributed by atoms with Crippen LogP contribution in [0.4, 0.5) is 5.69 Å². The predicted octanol–water partition coefficient (Wildman–Crippen LogP) is 4.15. The minimum Gasteiger partial charge on any atom is -0.497 e. The van der Waals surface area contributed by atoms with Crippen LogP contribution in [-0.4, -0.2) is 17.9 Å². The molecule has 3 rings (SSSR count). The first-order chi connectivity index (χ1) is 11.7. The zero-order chi connectivity index (χ0) is 16.9. The highest BCUT2D eigenvalue weighted by molar-refractivity contribution is 7.80. The summed E-state index contributed by atoms with van der Waals surface area (Å²) in [6, 6.07) is 17.3. The minimum absolute atomic E-state index is 0.388. The Bertz CT molecular complexity index is 869. The lowest BCUT2D eigenvalue weighted by atomic mass is 10.2. The van der Waals surface area contributed by atoms with Gasteiger partial charge in [0, 0.05) is 17.1 Å². The number of para-hydroxylation sites is 1. The summed E-state index contributed by atoms with van der Waals surface area (Å²) in [6.07, 6.45) is 0. The standard InChI is InChI=1S/C18H17N3O2S/c1-12(17-10-13-6-3-4-9-16(13)23-17)20-21-18(24)19-14-7-5-8-15(11-14)22-2/h3-11H,1-2H3,(H2,19,21,24)/b20-12+. The van der Waals surface area contributed by atoms with Crippen molar-refractivity contribution in [1.29, 1.82) is 0 Å². The summed E-state index contributed by atoms with van der Waals surface area (Å²) in [4.78, 5) is 0. The molecule has 0 bridgehead atoms. The molecule has 0 aliphatic heterocycles. The molecule has 0 aliphatic carbocycles. The molecular formula is C18H17N3O2S. The van der Waals surface area contributed by atoms with Gasteiger partial charge >= 0.3 is 0 Å². The van der Waals surface area contributed by atoms with Crippen molar-refractivity contribution < 1.29 is 9.15 Å². The molecule has 0 atom stereocenters. The Morgan fingerprint density at radius 1 is 1.12 bits per heavy atom. The van der Waals surface area contributed by atoms with Crippen LogP contribution in [0.25, 0.3) is 11.0 Å². The number of methoxy groups -OCH3 is 1. The van der Waals surface area contributed by atoms with E-state index in [1.807, 2.05) is 61.5 Å². The lowest BCUT2D eigenvalue weighted by Gasteiger charge is -2.08. The number of thiocarbonyl (C=S) groups is 1. The number of ether oxygens (including phenoxy) is 1. The Kier molecular flexibility index (Phi) is 4.77. The highest BCUT2D eigenvalue weighted by Gasteiger charge is 2.06.